The van der Waals surface area contributed by atoms with Crippen LogP contribution in [-0.4, -0.2) is 33.9 Å². The van der Waals surface area contributed by atoms with Gasteiger partial charge in [0.2, 0.25) is 0 Å². The van der Waals surface area contributed by atoms with E-state index in [1.54, 1.807) is 12.2 Å². The molecule has 1 aromatic carbocycles. The fourth-order valence-corrected chi connectivity index (χ4v) is 2.60. The third-order valence-corrected chi connectivity index (χ3v) is 3.97. The Balaban J connectivity index is 1.95. The fourth-order valence-electron chi connectivity index (χ4n) is 2.60. The number of esters is 1. The molecule has 1 aliphatic rings. The second-order valence-corrected chi connectivity index (χ2v) is 5.75. The molecule has 2 aromatic rings. The van der Waals surface area contributed by atoms with Crippen LogP contribution < -0.4 is 0 Å². The van der Waals surface area contributed by atoms with Crippen LogP contribution in [0.15, 0.2) is 36.4 Å². The number of carbonyl (C=O) groups is 2. The van der Waals surface area contributed by atoms with E-state index in [0.717, 1.165) is 16.9 Å². The van der Waals surface area contributed by atoms with Crippen LogP contribution >= 0.6 is 0 Å². The number of ether oxygens (including phenoxy) is 1. The van der Waals surface area contributed by atoms with E-state index >= 15 is 0 Å². The van der Waals surface area contributed by atoms with Crippen LogP contribution in [0.3, 0.4) is 0 Å². The third-order valence-electron chi connectivity index (χ3n) is 3.97. The van der Waals surface area contributed by atoms with Crippen molar-refractivity contribution in [1.82, 2.24) is 15.0 Å². The van der Waals surface area contributed by atoms with Crippen LogP contribution in [0.2, 0.25) is 0 Å². The minimum atomic E-state index is -4.48. The number of hydrogen-bond donors (Lipinski definition) is 0. The first-order chi connectivity index (χ1) is 12.3. The maximum atomic E-state index is 12.8. The lowest BCUT2D eigenvalue weighted by Crippen LogP contribution is -2.18. The highest BCUT2D eigenvalue weighted by Crippen LogP contribution is 2.31. The minimum Gasteiger partial charge on any atom is -0.466 e. The van der Waals surface area contributed by atoms with Crippen LogP contribution in [0.1, 0.15) is 18.4 Å². The maximum Gasteiger partial charge on any atom is 0.416 e. The number of alkyl halides is 3. The molecule has 0 bridgehead atoms. The number of Topliss-reactive ketones (excluding diaryl/α,β-unsaturated/α-hetero) is 1. The van der Waals surface area contributed by atoms with Crippen molar-refractivity contribution in [3.05, 3.63) is 42.0 Å². The molecule has 0 spiro atoms. The molecule has 0 aliphatic heterocycles. The van der Waals surface area contributed by atoms with Crippen LogP contribution in [0.4, 0.5) is 13.2 Å². The van der Waals surface area contributed by atoms with E-state index in [1.165, 1.54) is 19.3 Å². The summed E-state index contributed by atoms with van der Waals surface area (Å²) in [6.07, 6.45) is 0.694. The van der Waals surface area contributed by atoms with E-state index in [9.17, 15) is 22.8 Å². The number of halogens is 3. The Hall–Kier alpha value is -2.97. The predicted molar refractivity (Wildman–Crippen MR) is 85.7 cm³/mol. The summed E-state index contributed by atoms with van der Waals surface area (Å²) < 4.78 is 42.9. The first-order valence-electron chi connectivity index (χ1n) is 7.74. The molecule has 0 saturated carbocycles. The van der Waals surface area contributed by atoms with E-state index in [2.05, 4.69) is 14.9 Å². The number of allylic oxidation sites excluding steroid dienone is 3. The zero-order chi connectivity index (χ0) is 18.9. The SMILES string of the molecule is COC(=O)C=CC1C=C(n2nc3ccc(C(F)(F)F)cc3n2)C(=O)CC1. The van der Waals surface area contributed by atoms with Gasteiger partial charge in [0.05, 0.1) is 12.7 Å². The van der Waals surface area contributed by atoms with Crippen molar-refractivity contribution in [2.24, 2.45) is 5.92 Å². The number of carbonyl (C=O) groups excluding carboxylic acids is 2. The van der Waals surface area contributed by atoms with Gasteiger partial charge in [-0.1, -0.05) is 6.08 Å². The molecule has 0 radical (unpaired) electrons. The highest BCUT2D eigenvalue weighted by molar-refractivity contribution is 6.15. The molecule has 9 heteroatoms. The second kappa shape index (κ2) is 6.74. The van der Waals surface area contributed by atoms with Gasteiger partial charge < -0.3 is 4.74 Å². The van der Waals surface area contributed by atoms with Gasteiger partial charge in [0, 0.05) is 12.5 Å². The molecular formula is C17H14F3N3O3. The highest BCUT2D eigenvalue weighted by atomic mass is 19.4. The van der Waals surface area contributed by atoms with Crippen LogP contribution in [-0.2, 0) is 20.5 Å². The molecule has 0 N–H and O–H groups in total. The number of hydrogen-bond acceptors (Lipinski definition) is 5. The Bertz CT molecular complexity index is 928. The largest absolute Gasteiger partial charge is 0.466 e. The number of ketones is 1. The normalized spacial score (nSPS) is 18.4. The Morgan fingerprint density at radius 2 is 2.04 bits per heavy atom. The molecule has 26 heavy (non-hydrogen) atoms. The van der Waals surface area contributed by atoms with E-state index in [4.69, 9.17) is 0 Å². The lowest BCUT2D eigenvalue weighted by molar-refractivity contribution is -0.137. The Kier molecular flexibility index (Phi) is 4.62. The quantitative estimate of drug-likeness (QED) is 0.618. The summed E-state index contributed by atoms with van der Waals surface area (Å²) in [6.45, 7) is 0. The Morgan fingerprint density at radius 3 is 2.73 bits per heavy atom. The van der Waals surface area contributed by atoms with E-state index in [1.807, 2.05) is 0 Å². The van der Waals surface area contributed by atoms with Gasteiger partial charge in [-0.05, 0) is 36.6 Å². The number of aromatic nitrogens is 3. The van der Waals surface area contributed by atoms with Crippen molar-refractivity contribution in [3.63, 3.8) is 0 Å². The summed E-state index contributed by atoms with van der Waals surface area (Å²) in [5, 5.41) is 8.10. The van der Waals surface area contributed by atoms with Crippen LogP contribution in [0.5, 0.6) is 0 Å². The number of nitrogens with zero attached hydrogens (tertiary/aromatic N) is 3. The van der Waals surface area contributed by atoms with Gasteiger partial charge in [0.15, 0.2) is 5.78 Å². The molecule has 3 rings (SSSR count). The van der Waals surface area contributed by atoms with Crippen LogP contribution in [0.25, 0.3) is 16.7 Å². The summed E-state index contributed by atoms with van der Waals surface area (Å²) >= 11 is 0. The molecule has 0 amide bonds. The van der Waals surface area contributed by atoms with Crippen molar-refractivity contribution in [1.29, 1.82) is 0 Å². The minimum absolute atomic E-state index is 0.0424. The van der Waals surface area contributed by atoms with Crippen molar-refractivity contribution >= 4 is 28.5 Å². The smallest absolute Gasteiger partial charge is 0.416 e. The van der Waals surface area contributed by atoms with Crippen molar-refractivity contribution < 1.29 is 27.5 Å². The summed E-state index contributed by atoms with van der Waals surface area (Å²) in [5.41, 5.74) is -0.375. The zero-order valence-corrected chi connectivity index (χ0v) is 13.7. The van der Waals surface area contributed by atoms with Gasteiger partial charge in [-0.25, -0.2) is 4.79 Å². The lowest BCUT2D eigenvalue weighted by Gasteiger charge is -2.16. The topological polar surface area (TPSA) is 74.1 Å². The molecule has 1 aliphatic carbocycles. The van der Waals surface area contributed by atoms with E-state index in [-0.39, 0.29) is 34.9 Å². The monoisotopic (exact) mass is 365 g/mol. The third kappa shape index (κ3) is 3.66. The lowest BCUT2D eigenvalue weighted by atomic mass is 9.92. The molecule has 0 fully saturated rings. The van der Waals surface area contributed by atoms with Gasteiger partial charge in [-0.2, -0.15) is 13.2 Å². The number of rotatable bonds is 3. The summed E-state index contributed by atoms with van der Waals surface area (Å²) in [7, 11) is 1.26. The Labute approximate surface area is 145 Å². The average Bonchev–Trinajstić information content (AvgIpc) is 3.02. The molecule has 1 aromatic heterocycles. The summed E-state index contributed by atoms with van der Waals surface area (Å²) in [4.78, 5) is 24.4. The number of benzene rings is 1. The molecule has 0 saturated heterocycles. The van der Waals surface area contributed by atoms with Gasteiger partial charge in [0.1, 0.15) is 16.7 Å². The fraction of sp³-hybridized carbons (Fsp3) is 0.294. The average molecular weight is 365 g/mol. The highest BCUT2D eigenvalue weighted by Gasteiger charge is 2.31. The van der Waals surface area contributed by atoms with E-state index < -0.39 is 17.7 Å². The first kappa shape index (κ1) is 17.8. The molecule has 1 heterocycles. The van der Waals surface area contributed by atoms with Crippen LogP contribution in [0, 0.1) is 5.92 Å². The second-order valence-electron chi connectivity index (χ2n) is 5.75. The maximum absolute atomic E-state index is 12.8. The molecule has 6 nitrogen and oxygen atoms in total. The number of methoxy groups -OCH3 is 1. The molecule has 1 unspecified atom stereocenters. The van der Waals surface area contributed by atoms with E-state index in [0.29, 0.717) is 6.42 Å². The number of fused-ring (bicyclic) bond motifs is 1. The molecular weight excluding hydrogens is 351 g/mol. The summed E-state index contributed by atoms with van der Waals surface area (Å²) in [5.74, 6) is -0.940. The summed E-state index contributed by atoms with van der Waals surface area (Å²) in [6, 6.07) is 3.02. The van der Waals surface area contributed by atoms with Gasteiger partial charge >= 0.3 is 12.1 Å². The zero-order valence-electron chi connectivity index (χ0n) is 13.7. The standard InChI is InChI=1S/C17H14F3N3O3/c1-26-16(25)7-3-10-2-6-15(24)14(8-10)23-21-12-5-4-11(17(18,19)20)9-13(12)22-23/h3-5,7-10H,2,6H2,1H3. The van der Waals surface area contributed by atoms with Crippen molar-refractivity contribution in [3.8, 4) is 0 Å². The van der Waals surface area contributed by atoms with Crippen molar-refractivity contribution in [2.45, 2.75) is 19.0 Å². The molecule has 1 atom stereocenters. The van der Waals surface area contributed by atoms with Gasteiger partial charge in [-0.15, -0.1) is 15.0 Å². The van der Waals surface area contributed by atoms with Gasteiger partial charge in [-0.3, -0.25) is 4.79 Å². The predicted octanol–water partition coefficient (Wildman–Crippen LogP) is 3.00. The van der Waals surface area contributed by atoms with Gasteiger partial charge in [0.25, 0.3) is 0 Å². The first-order valence-corrected chi connectivity index (χ1v) is 7.74. The Morgan fingerprint density at radius 1 is 1.31 bits per heavy atom. The van der Waals surface area contributed by atoms with Crippen molar-refractivity contribution in [2.75, 3.05) is 7.11 Å². The molecule has 136 valence electrons.